The van der Waals surface area contributed by atoms with Gasteiger partial charge in [0.1, 0.15) is 18.6 Å². The van der Waals surface area contributed by atoms with Gasteiger partial charge in [-0.15, -0.1) is 0 Å². The summed E-state index contributed by atoms with van der Waals surface area (Å²) in [5.41, 5.74) is 6.97. The van der Waals surface area contributed by atoms with Crippen molar-refractivity contribution >= 4 is 29.7 Å². The minimum Gasteiger partial charge on any atom is -0.481 e. The van der Waals surface area contributed by atoms with Gasteiger partial charge in [-0.3, -0.25) is 24.0 Å². The van der Waals surface area contributed by atoms with Crippen molar-refractivity contribution in [1.82, 2.24) is 15.5 Å². The molecular formula is C21H28N4O7. The van der Waals surface area contributed by atoms with Crippen LogP contribution in [0, 0.1) is 0 Å². The van der Waals surface area contributed by atoms with Crippen LogP contribution >= 0.6 is 0 Å². The first-order valence-corrected chi connectivity index (χ1v) is 10.3. The zero-order valence-corrected chi connectivity index (χ0v) is 17.5. The van der Waals surface area contributed by atoms with Crippen LogP contribution < -0.4 is 16.4 Å². The number of carboxylic acid groups (broad SMARTS) is 2. The lowest BCUT2D eigenvalue weighted by Crippen LogP contribution is -2.55. The predicted molar refractivity (Wildman–Crippen MR) is 112 cm³/mol. The smallest absolute Gasteiger partial charge is 0.322 e. The third kappa shape index (κ3) is 7.34. The average Bonchev–Trinajstić information content (AvgIpc) is 3.24. The fourth-order valence-corrected chi connectivity index (χ4v) is 3.56. The lowest BCUT2D eigenvalue weighted by Gasteiger charge is -2.28. The number of nitrogens with one attached hydrogen (secondary N) is 2. The van der Waals surface area contributed by atoms with E-state index in [0.29, 0.717) is 25.8 Å². The fraction of sp³-hybridized carbons (Fsp3) is 0.476. The minimum atomic E-state index is -1.28. The summed E-state index contributed by atoms with van der Waals surface area (Å²) >= 11 is 0. The van der Waals surface area contributed by atoms with Gasteiger partial charge < -0.3 is 31.5 Å². The summed E-state index contributed by atoms with van der Waals surface area (Å²) in [6.45, 7) is -0.328. The van der Waals surface area contributed by atoms with Crippen LogP contribution in [-0.4, -0.2) is 76.0 Å². The first-order valence-electron chi connectivity index (χ1n) is 10.3. The highest BCUT2D eigenvalue weighted by Gasteiger charge is 2.37. The van der Waals surface area contributed by atoms with Crippen molar-refractivity contribution < 1.29 is 34.2 Å². The third-order valence-corrected chi connectivity index (χ3v) is 5.15. The summed E-state index contributed by atoms with van der Waals surface area (Å²) in [5, 5.41) is 22.2. The van der Waals surface area contributed by atoms with Gasteiger partial charge in [-0.05, 0) is 31.2 Å². The van der Waals surface area contributed by atoms with Gasteiger partial charge in [0, 0.05) is 13.0 Å². The molecule has 0 saturated carbocycles. The molecule has 0 aromatic heterocycles. The van der Waals surface area contributed by atoms with Crippen LogP contribution in [0.3, 0.4) is 0 Å². The van der Waals surface area contributed by atoms with Crippen LogP contribution in [0.4, 0.5) is 0 Å². The van der Waals surface area contributed by atoms with E-state index < -0.39 is 54.8 Å². The van der Waals surface area contributed by atoms with Gasteiger partial charge in [-0.1, -0.05) is 30.3 Å². The maximum absolute atomic E-state index is 12.9. The third-order valence-electron chi connectivity index (χ3n) is 5.15. The lowest BCUT2D eigenvalue weighted by molar-refractivity contribution is -0.141. The normalized spacial score (nSPS) is 17.3. The van der Waals surface area contributed by atoms with Crippen molar-refractivity contribution in [3.63, 3.8) is 0 Å². The molecule has 174 valence electrons. The molecule has 3 atom stereocenters. The van der Waals surface area contributed by atoms with Gasteiger partial charge in [0.25, 0.3) is 0 Å². The molecule has 1 saturated heterocycles. The molecule has 32 heavy (non-hydrogen) atoms. The molecule has 3 unspecified atom stereocenters. The van der Waals surface area contributed by atoms with E-state index in [4.69, 9.17) is 15.9 Å². The Morgan fingerprint density at radius 1 is 1.09 bits per heavy atom. The van der Waals surface area contributed by atoms with E-state index in [0.717, 1.165) is 5.56 Å². The second kappa shape index (κ2) is 11.8. The highest BCUT2D eigenvalue weighted by atomic mass is 16.4. The van der Waals surface area contributed by atoms with Crippen molar-refractivity contribution in [2.75, 3.05) is 13.1 Å². The van der Waals surface area contributed by atoms with Gasteiger partial charge in [0.05, 0.1) is 6.04 Å². The van der Waals surface area contributed by atoms with E-state index in [1.165, 1.54) is 4.90 Å². The molecule has 3 amide bonds. The summed E-state index contributed by atoms with van der Waals surface area (Å²) < 4.78 is 0. The van der Waals surface area contributed by atoms with Crippen LogP contribution in [-0.2, 0) is 30.4 Å². The molecular weight excluding hydrogens is 420 g/mol. The molecule has 2 rings (SSSR count). The molecule has 0 spiro atoms. The zero-order chi connectivity index (χ0) is 23.7. The molecule has 11 heteroatoms. The number of hydrogen-bond acceptors (Lipinski definition) is 6. The van der Waals surface area contributed by atoms with Crippen LogP contribution in [0.1, 0.15) is 31.2 Å². The number of carbonyl (C=O) groups excluding carboxylic acids is 3. The second-order valence-electron chi connectivity index (χ2n) is 7.59. The van der Waals surface area contributed by atoms with Gasteiger partial charge in [0.2, 0.25) is 17.7 Å². The fourth-order valence-electron chi connectivity index (χ4n) is 3.56. The quantitative estimate of drug-likeness (QED) is 0.289. The number of carboxylic acids is 2. The molecule has 0 bridgehead atoms. The number of amides is 3. The first kappa shape index (κ1) is 24.8. The summed E-state index contributed by atoms with van der Waals surface area (Å²) in [6, 6.07) is 6.31. The Morgan fingerprint density at radius 3 is 2.41 bits per heavy atom. The minimum absolute atomic E-state index is 0.222. The van der Waals surface area contributed by atoms with Crippen LogP contribution in [0.2, 0.25) is 0 Å². The molecule has 1 aromatic carbocycles. The van der Waals surface area contributed by atoms with E-state index in [-0.39, 0.29) is 12.3 Å². The Balaban J connectivity index is 2.03. The summed E-state index contributed by atoms with van der Waals surface area (Å²) in [7, 11) is 0. The van der Waals surface area contributed by atoms with E-state index in [1.807, 2.05) is 30.3 Å². The van der Waals surface area contributed by atoms with Gasteiger partial charge in [0.15, 0.2) is 0 Å². The number of benzene rings is 1. The second-order valence-corrected chi connectivity index (χ2v) is 7.59. The maximum atomic E-state index is 12.9. The summed E-state index contributed by atoms with van der Waals surface area (Å²) in [6.07, 6.45) is 0.635. The molecule has 0 radical (unpaired) electrons. The van der Waals surface area contributed by atoms with Crippen LogP contribution in [0.15, 0.2) is 30.3 Å². The van der Waals surface area contributed by atoms with Crippen molar-refractivity contribution in [3.8, 4) is 0 Å². The van der Waals surface area contributed by atoms with Gasteiger partial charge in [-0.2, -0.15) is 0 Å². The largest absolute Gasteiger partial charge is 0.481 e. The number of rotatable bonds is 11. The number of aliphatic carboxylic acids is 2. The van der Waals surface area contributed by atoms with Crippen LogP contribution in [0.25, 0.3) is 0 Å². The molecule has 1 heterocycles. The highest BCUT2D eigenvalue weighted by molar-refractivity contribution is 5.94. The maximum Gasteiger partial charge on any atom is 0.322 e. The first-order chi connectivity index (χ1) is 15.2. The van der Waals surface area contributed by atoms with Crippen LogP contribution in [0.5, 0.6) is 0 Å². The summed E-state index contributed by atoms with van der Waals surface area (Å²) in [4.78, 5) is 60.9. The lowest BCUT2D eigenvalue weighted by atomic mass is 10.0. The van der Waals surface area contributed by atoms with E-state index in [9.17, 15) is 24.0 Å². The SMILES string of the molecule is NC(Cc1ccccc1)C(=O)N1CCCC1C(=O)NC(CCC(=O)O)C(=O)NCC(=O)O. The van der Waals surface area contributed by atoms with Crippen molar-refractivity contribution in [3.05, 3.63) is 35.9 Å². The molecule has 6 N–H and O–H groups in total. The Bertz CT molecular complexity index is 846. The number of hydrogen-bond donors (Lipinski definition) is 5. The van der Waals surface area contributed by atoms with E-state index in [2.05, 4.69) is 10.6 Å². The van der Waals surface area contributed by atoms with E-state index >= 15 is 0 Å². The molecule has 1 aliphatic rings. The number of nitrogens with zero attached hydrogens (tertiary/aromatic N) is 1. The highest BCUT2D eigenvalue weighted by Crippen LogP contribution is 2.19. The Morgan fingerprint density at radius 2 is 1.78 bits per heavy atom. The van der Waals surface area contributed by atoms with E-state index in [1.54, 1.807) is 0 Å². The Hall–Kier alpha value is -3.47. The number of nitrogens with two attached hydrogens (primary N) is 1. The van der Waals surface area contributed by atoms with Crippen molar-refractivity contribution in [1.29, 1.82) is 0 Å². The Labute approximate surface area is 184 Å². The Kier molecular flexibility index (Phi) is 9.14. The standard InChI is InChI=1S/C21H28N4O7/c22-14(11-13-5-2-1-3-6-13)21(32)25-10-4-7-16(25)20(31)24-15(8-9-17(26)27)19(30)23-12-18(28)29/h1-3,5-6,14-16H,4,7-12,22H2,(H,23,30)(H,24,31)(H,26,27)(H,28,29). The molecule has 0 aliphatic carbocycles. The average molecular weight is 448 g/mol. The summed E-state index contributed by atoms with van der Waals surface area (Å²) in [5.74, 6) is -4.24. The van der Waals surface area contributed by atoms with Gasteiger partial charge in [-0.25, -0.2) is 0 Å². The van der Waals surface area contributed by atoms with Crippen molar-refractivity contribution in [2.24, 2.45) is 5.73 Å². The van der Waals surface area contributed by atoms with Crippen molar-refractivity contribution in [2.45, 2.75) is 50.2 Å². The number of likely N-dealkylation sites (tertiary alicyclic amines) is 1. The monoisotopic (exact) mass is 448 g/mol. The molecule has 1 aromatic rings. The predicted octanol–water partition coefficient (Wildman–Crippen LogP) is -0.902. The topological polar surface area (TPSA) is 179 Å². The van der Waals surface area contributed by atoms with Gasteiger partial charge >= 0.3 is 11.9 Å². The zero-order valence-electron chi connectivity index (χ0n) is 17.5. The molecule has 1 aliphatic heterocycles. The molecule has 11 nitrogen and oxygen atoms in total. The number of carbonyl (C=O) groups is 5. The molecule has 1 fully saturated rings.